The van der Waals surface area contributed by atoms with Gasteiger partial charge in [0.2, 0.25) is 0 Å². The van der Waals surface area contributed by atoms with Crippen LogP contribution in [0, 0.1) is 17.8 Å². The second-order valence-corrected chi connectivity index (χ2v) is 33.9. The Kier molecular flexibility index (Phi) is 71.9. The van der Waals surface area contributed by atoms with E-state index in [0.717, 1.165) is 127 Å². The van der Waals surface area contributed by atoms with E-state index in [1.807, 2.05) is 0 Å². The molecule has 17 nitrogen and oxygen atoms in total. The lowest BCUT2D eigenvalue weighted by Crippen LogP contribution is -2.30. The van der Waals surface area contributed by atoms with Gasteiger partial charge in [-0.3, -0.25) is 37.3 Å². The van der Waals surface area contributed by atoms with Crippen molar-refractivity contribution in [1.82, 2.24) is 0 Å². The highest BCUT2D eigenvalue weighted by atomic mass is 31.2. The molecule has 3 unspecified atom stereocenters. The van der Waals surface area contributed by atoms with E-state index >= 15 is 0 Å². The van der Waals surface area contributed by atoms with E-state index < -0.39 is 97.5 Å². The Morgan fingerprint density at radius 1 is 0.301 bits per heavy atom. The first-order valence-electron chi connectivity index (χ1n) is 42.7. The van der Waals surface area contributed by atoms with Crippen LogP contribution in [0.15, 0.2) is 24.3 Å². The van der Waals surface area contributed by atoms with E-state index in [-0.39, 0.29) is 25.7 Å². The fraction of sp³-hybridized carbons (Fsp3) is 0.905. The summed E-state index contributed by atoms with van der Waals surface area (Å²) in [5, 5.41) is 10.7. The molecule has 0 fully saturated rings. The number of esters is 4. The summed E-state index contributed by atoms with van der Waals surface area (Å²) in [5.74, 6) is 0.177. The maximum Gasteiger partial charge on any atom is 0.472 e. The van der Waals surface area contributed by atoms with Gasteiger partial charge in [0, 0.05) is 25.7 Å². The summed E-state index contributed by atoms with van der Waals surface area (Å²) in [6.45, 7) is 11.9. The summed E-state index contributed by atoms with van der Waals surface area (Å²) in [5.41, 5.74) is 0. The first-order valence-corrected chi connectivity index (χ1v) is 45.7. The molecule has 103 heavy (non-hydrogen) atoms. The zero-order valence-corrected chi connectivity index (χ0v) is 69.1. The van der Waals surface area contributed by atoms with Crippen molar-refractivity contribution in [3.63, 3.8) is 0 Å². The highest BCUT2D eigenvalue weighted by Gasteiger charge is 2.30. The smallest absolute Gasteiger partial charge is 0.462 e. The van der Waals surface area contributed by atoms with Crippen LogP contribution in [0.4, 0.5) is 0 Å². The highest BCUT2D eigenvalue weighted by Crippen LogP contribution is 2.45. The van der Waals surface area contributed by atoms with Gasteiger partial charge >= 0.3 is 39.5 Å². The fourth-order valence-electron chi connectivity index (χ4n) is 12.5. The maximum atomic E-state index is 13.1. The second-order valence-electron chi connectivity index (χ2n) is 31.0. The average molecular weight is 1500 g/mol. The molecule has 5 atom stereocenters. The number of carbonyl (C=O) groups is 4. The summed E-state index contributed by atoms with van der Waals surface area (Å²) in [7, 11) is -9.94. The Hall–Kier alpha value is -2.46. The lowest BCUT2D eigenvalue weighted by atomic mass is 10.0. The Morgan fingerprint density at radius 3 is 0.786 bits per heavy atom. The van der Waals surface area contributed by atoms with Crippen molar-refractivity contribution in [2.75, 3.05) is 39.6 Å². The van der Waals surface area contributed by atoms with E-state index in [2.05, 4.69) is 72.8 Å². The Bertz CT molecular complexity index is 2090. The van der Waals surface area contributed by atoms with Crippen LogP contribution in [0.3, 0.4) is 0 Å². The van der Waals surface area contributed by atoms with Gasteiger partial charge in [0.05, 0.1) is 26.4 Å². The monoisotopic (exact) mass is 1500 g/mol. The van der Waals surface area contributed by atoms with Crippen LogP contribution in [0.25, 0.3) is 0 Å². The molecule has 0 aliphatic heterocycles. The minimum absolute atomic E-state index is 0.100. The van der Waals surface area contributed by atoms with Gasteiger partial charge < -0.3 is 33.8 Å². The number of aliphatic hydroxyl groups excluding tert-OH is 1. The number of allylic oxidation sites excluding steroid dienone is 4. The van der Waals surface area contributed by atoms with Crippen LogP contribution in [-0.4, -0.2) is 96.7 Å². The van der Waals surface area contributed by atoms with E-state index in [1.165, 1.54) is 199 Å². The van der Waals surface area contributed by atoms with Crippen molar-refractivity contribution in [2.45, 2.75) is 433 Å². The number of aliphatic hydroxyl groups is 1. The third-order valence-corrected chi connectivity index (χ3v) is 20.9. The molecule has 3 N–H and O–H groups in total. The van der Waals surface area contributed by atoms with Gasteiger partial charge in [-0.25, -0.2) is 9.13 Å². The van der Waals surface area contributed by atoms with E-state index in [4.69, 9.17) is 37.0 Å². The predicted molar refractivity (Wildman–Crippen MR) is 423 cm³/mol. The zero-order chi connectivity index (χ0) is 75.8. The maximum absolute atomic E-state index is 13.1. The molecule has 0 bridgehead atoms. The van der Waals surface area contributed by atoms with Crippen LogP contribution in [0.1, 0.15) is 414 Å². The summed E-state index contributed by atoms with van der Waals surface area (Å²) in [4.78, 5) is 73.1. The van der Waals surface area contributed by atoms with E-state index in [9.17, 15) is 43.2 Å². The van der Waals surface area contributed by atoms with Gasteiger partial charge in [0.15, 0.2) is 12.2 Å². The topological polar surface area (TPSA) is 237 Å². The van der Waals surface area contributed by atoms with Crippen molar-refractivity contribution in [1.29, 1.82) is 0 Å². The highest BCUT2D eigenvalue weighted by molar-refractivity contribution is 7.47. The van der Waals surface area contributed by atoms with Crippen molar-refractivity contribution in [3.05, 3.63) is 24.3 Å². The number of ether oxygens (including phenoxy) is 4. The summed E-state index contributed by atoms with van der Waals surface area (Å²) in [6.07, 6.45) is 66.2. The molecule has 19 heteroatoms. The largest absolute Gasteiger partial charge is 0.472 e. The Labute approximate surface area is 631 Å². The number of rotatable bonds is 80. The zero-order valence-electron chi connectivity index (χ0n) is 67.3. The molecule has 0 amide bonds. The average Bonchev–Trinajstić information content (AvgIpc) is 1.94. The van der Waals surface area contributed by atoms with Crippen molar-refractivity contribution < 1.29 is 80.2 Å². The quantitative estimate of drug-likeness (QED) is 0.0169. The molecule has 0 saturated heterocycles. The first kappa shape index (κ1) is 101. The second kappa shape index (κ2) is 73.7. The van der Waals surface area contributed by atoms with Crippen molar-refractivity contribution in [3.8, 4) is 0 Å². The molecule has 0 aromatic carbocycles. The molecule has 0 rings (SSSR count). The normalized spacial score (nSPS) is 14.1. The van der Waals surface area contributed by atoms with Crippen LogP contribution in [-0.2, 0) is 65.4 Å². The fourth-order valence-corrected chi connectivity index (χ4v) is 14.1. The molecule has 0 spiro atoms. The molecular formula is C84H160O17P2. The molecule has 608 valence electrons. The van der Waals surface area contributed by atoms with Crippen LogP contribution in [0.2, 0.25) is 0 Å². The van der Waals surface area contributed by atoms with Crippen LogP contribution >= 0.6 is 15.6 Å². The number of phosphoric ester groups is 2. The van der Waals surface area contributed by atoms with Crippen LogP contribution < -0.4 is 0 Å². The van der Waals surface area contributed by atoms with Gasteiger partial charge in [-0.2, -0.15) is 0 Å². The molecule has 0 heterocycles. The minimum atomic E-state index is -4.97. The first-order chi connectivity index (χ1) is 49.7. The van der Waals surface area contributed by atoms with Crippen molar-refractivity contribution >= 4 is 39.5 Å². The van der Waals surface area contributed by atoms with Gasteiger partial charge in [0.1, 0.15) is 19.3 Å². The number of hydrogen-bond donors (Lipinski definition) is 3. The third kappa shape index (κ3) is 77.5. The van der Waals surface area contributed by atoms with Gasteiger partial charge in [0.25, 0.3) is 0 Å². The number of phosphoric acid groups is 2. The van der Waals surface area contributed by atoms with Crippen molar-refractivity contribution in [2.24, 2.45) is 17.8 Å². The standard InChI is InChI=1S/C84H160O17P2/c1-8-9-10-11-12-13-14-15-20-27-32-37-44-51-58-65-81(86)94-71-79(100-83(88)68-61-54-46-39-34-29-24-23-26-31-36-42-49-56-63-76(4)5)73-98-102(90,91)96-69-78(85)70-97-103(92,93)99-74-80(72-95-82(87)66-59-52-47-40-43-50-57-64-77(6)7)101-84(89)67-60-53-45-38-33-28-22-19-17-16-18-21-25-30-35-41-48-55-62-75(2)3/h13-15,20,75-80,85H,8-12,16-19,21-74H2,1-7H3,(H,90,91)(H,92,93)/b14-13-,20-15-/t78?,79-,80-/m1/s1. The SMILES string of the molecule is CCCCCC/C=C\C=C/CCCCCCCC(=O)OC[C@H](COP(=O)(O)OCC(O)COP(=O)(O)OC[C@@H](COC(=O)CCCCCCCCCC(C)C)OC(=O)CCCCCCCCCCCCCCCCCCCCC(C)C)OC(=O)CCCCCCCCCCCCCCCCC(C)C. The number of unbranched alkanes of at least 4 members (excludes halogenated alkanes) is 45. The molecule has 0 aromatic heterocycles. The molecule has 0 aliphatic rings. The molecule has 0 aliphatic carbocycles. The summed E-state index contributed by atoms with van der Waals surface area (Å²) >= 11 is 0. The Morgan fingerprint density at radius 2 is 0.524 bits per heavy atom. The Balaban J connectivity index is 5.24. The lowest BCUT2D eigenvalue weighted by molar-refractivity contribution is -0.161. The van der Waals surface area contributed by atoms with Gasteiger partial charge in [-0.05, 0) is 69.1 Å². The molecule has 0 saturated carbocycles. The summed E-state index contributed by atoms with van der Waals surface area (Å²) < 4.78 is 68.7. The van der Waals surface area contributed by atoms with E-state index in [0.29, 0.717) is 31.6 Å². The van der Waals surface area contributed by atoms with Crippen LogP contribution in [0.5, 0.6) is 0 Å². The predicted octanol–water partition coefficient (Wildman–Crippen LogP) is 24.9. The molecular weight excluding hydrogens is 1340 g/mol. The van der Waals surface area contributed by atoms with Gasteiger partial charge in [-0.1, -0.05) is 362 Å². The number of carbonyl (C=O) groups excluding carboxylic acids is 4. The lowest BCUT2D eigenvalue weighted by Gasteiger charge is -2.21. The van der Waals surface area contributed by atoms with E-state index in [1.54, 1.807) is 0 Å². The summed E-state index contributed by atoms with van der Waals surface area (Å²) in [6, 6.07) is 0. The molecule has 0 radical (unpaired) electrons. The minimum Gasteiger partial charge on any atom is -0.462 e. The molecule has 0 aromatic rings. The van der Waals surface area contributed by atoms with Gasteiger partial charge in [-0.15, -0.1) is 0 Å². The number of hydrogen-bond acceptors (Lipinski definition) is 15. The third-order valence-electron chi connectivity index (χ3n) is 19.0.